The van der Waals surface area contributed by atoms with Crippen molar-refractivity contribution in [2.45, 2.75) is 45.1 Å². The standard InChI is InChI=1S/C22H26ClN3O3S2/c1-4-14-25(15-5-2)31(28,29)17-12-10-16(11-13-17)21(27)24-22-26(6-3)20-18(23)8-7-9-19(20)30-22/h7-13H,4-6,14-15H2,1-3H3. The summed E-state index contributed by atoms with van der Waals surface area (Å²) in [5, 5.41) is 0.614. The highest BCUT2D eigenvalue weighted by Gasteiger charge is 2.23. The van der Waals surface area contributed by atoms with Crippen LogP contribution in [0.2, 0.25) is 5.02 Å². The third-order valence-electron chi connectivity index (χ3n) is 4.85. The first-order valence-electron chi connectivity index (χ1n) is 10.3. The number of carbonyl (C=O) groups excluding carboxylic acids is 1. The highest BCUT2D eigenvalue weighted by Crippen LogP contribution is 2.25. The Kier molecular flexibility index (Phi) is 7.69. The van der Waals surface area contributed by atoms with Gasteiger partial charge in [-0.05, 0) is 56.2 Å². The van der Waals surface area contributed by atoms with Crippen LogP contribution in [0.1, 0.15) is 44.0 Å². The average molecular weight is 480 g/mol. The topological polar surface area (TPSA) is 71.7 Å². The maximum atomic E-state index is 12.9. The first-order valence-corrected chi connectivity index (χ1v) is 12.9. The van der Waals surface area contributed by atoms with E-state index in [4.69, 9.17) is 11.6 Å². The smallest absolute Gasteiger partial charge is 0.279 e. The fraction of sp³-hybridized carbons (Fsp3) is 0.364. The maximum absolute atomic E-state index is 12.9. The van der Waals surface area contributed by atoms with Crippen LogP contribution < -0.4 is 4.80 Å². The summed E-state index contributed by atoms with van der Waals surface area (Å²) in [5.41, 5.74) is 1.19. The SMILES string of the molecule is CCCN(CCC)S(=O)(=O)c1ccc(C(=O)N=c2sc3cccc(Cl)c3n2CC)cc1. The lowest BCUT2D eigenvalue weighted by atomic mass is 10.2. The van der Waals surface area contributed by atoms with Crippen LogP contribution in [0.3, 0.4) is 0 Å². The normalized spacial score (nSPS) is 12.7. The lowest BCUT2D eigenvalue weighted by Crippen LogP contribution is -2.32. The summed E-state index contributed by atoms with van der Waals surface area (Å²) in [6, 6.07) is 11.6. The number of hydrogen-bond donors (Lipinski definition) is 0. The first-order chi connectivity index (χ1) is 14.8. The number of benzene rings is 2. The van der Waals surface area contributed by atoms with Gasteiger partial charge in [0.05, 0.1) is 20.1 Å². The summed E-state index contributed by atoms with van der Waals surface area (Å²) in [4.78, 5) is 17.8. The zero-order valence-electron chi connectivity index (χ0n) is 17.8. The Morgan fingerprint density at radius 2 is 1.71 bits per heavy atom. The molecule has 0 aliphatic heterocycles. The second kappa shape index (κ2) is 10.1. The Morgan fingerprint density at radius 3 is 2.29 bits per heavy atom. The van der Waals surface area contributed by atoms with Crippen molar-refractivity contribution in [1.82, 2.24) is 8.87 Å². The van der Waals surface area contributed by atoms with E-state index < -0.39 is 15.9 Å². The molecule has 0 saturated heterocycles. The van der Waals surface area contributed by atoms with Gasteiger partial charge < -0.3 is 4.57 Å². The number of halogens is 1. The summed E-state index contributed by atoms with van der Waals surface area (Å²) in [5.74, 6) is -0.423. The molecule has 0 radical (unpaired) electrons. The predicted octanol–water partition coefficient (Wildman–Crippen LogP) is 4.93. The quantitative estimate of drug-likeness (QED) is 0.460. The van der Waals surface area contributed by atoms with E-state index >= 15 is 0 Å². The van der Waals surface area contributed by atoms with E-state index in [1.807, 2.05) is 43.5 Å². The number of sulfonamides is 1. The number of aromatic nitrogens is 1. The lowest BCUT2D eigenvalue weighted by molar-refractivity contribution is 0.0997. The Labute approximate surface area is 191 Å². The van der Waals surface area contributed by atoms with Gasteiger partial charge in [0.1, 0.15) is 0 Å². The number of amides is 1. The van der Waals surface area contributed by atoms with Crippen molar-refractivity contribution in [3.05, 3.63) is 57.9 Å². The largest absolute Gasteiger partial charge is 0.315 e. The minimum Gasteiger partial charge on any atom is -0.315 e. The number of para-hydroxylation sites is 1. The molecule has 1 aromatic heterocycles. The molecule has 9 heteroatoms. The third kappa shape index (κ3) is 4.92. The van der Waals surface area contributed by atoms with Crippen molar-refractivity contribution in [2.24, 2.45) is 4.99 Å². The molecule has 0 bridgehead atoms. The van der Waals surface area contributed by atoms with Gasteiger partial charge in [-0.3, -0.25) is 4.79 Å². The van der Waals surface area contributed by atoms with E-state index in [0.29, 0.717) is 35.0 Å². The molecule has 166 valence electrons. The molecule has 1 amide bonds. The van der Waals surface area contributed by atoms with E-state index in [0.717, 1.165) is 23.1 Å². The summed E-state index contributed by atoms with van der Waals surface area (Å²) in [6.07, 6.45) is 1.48. The van der Waals surface area contributed by atoms with Crippen molar-refractivity contribution in [2.75, 3.05) is 13.1 Å². The highest BCUT2D eigenvalue weighted by molar-refractivity contribution is 7.89. The van der Waals surface area contributed by atoms with Crippen LogP contribution in [-0.4, -0.2) is 36.3 Å². The van der Waals surface area contributed by atoms with E-state index in [9.17, 15) is 13.2 Å². The molecule has 0 aliphatic carbocycles. The van der Waals surface area contributed by atoms with Gasteiger partial charge in [0, 0.05) is 25.2 Å². The zero-order valence-corrected chi connectivity index (χ0v) is 20.2. The van der Waals surface area contributed by atoms with Gasteiger partial charge >= 0.3 is 0 Å². The van der Waals surface area contributed by atoms with E-state index in [2.05, 4.69) is 4.99 Å². The molecule has 0 atom stereocenters. The molecule has 1 heterocycles. The molecule has 0 fully saturated rings. The number of rotatable bonds is 8. The van der Waals surface area contributed by atoms with Gasteiger partial charge in [-0.1, -0.05) is 42.9 Å². The Balaban J connectivity index is 1.94. The fourth-order valence-electron chi connectivity index (χ4n) is 3.39. The molecule has 31 heavy (non-hydrogen) atoms. The van der Waals surface area contributed by atoms with E-state index in [-0.39, 0.29) is 4.90 Å². The van der Waals surface area contributed by atoms with Crippen molar-refractivity contribution in [3.8, 4) is 0 Å². The minimum atomic E-state index is -3.58. The van der Waals surface area contributed by atoms with Crippen LogP contribution in [0.15, 0.2) is 52.4 Å². The molecule has 3 aromatic rings. The minimum absolute atomic E-state index is 0.184. The number of thiazole rings is 1. The maximum Gasteiger partial charge on any atom is 0.279 e. The Hall–Kier alpha value is -2.00. The van der Waals surface area contributed by atoms with Gasteiger partial charge in [0.2, 0.25) is 10.0 Å². The molecular weight excluding hydrogens is 454 g/mol. The summed E-state index contributed by atoms with van der Waals surface area (Å²) < 4.78 is 30.2. The zero-order chi connectivity index (χ0) is 22.6. The number of fused-ring (bicyclic) bond motifs is 1. The molecule has 3 rings (SSSR count). The van der Waals surface area contributed by atoms with Crippen LogP contribution >= 0.6 is 22.9 Å². The second-order valence-electron chi connectivity index (χ2n) is 7.06. The van der Waals surface area contributed by atoms with Crippen LogP contribution in [0.25, 0.3) is 10.2 Å². The lowest BCUT2D eigenvalue weighted by Gasteiger charge is -2.21. The van der Waals surface area contributed by atoms with E-state index in [1.54, 1.807) is 0 Å². The molecule has 2 aromatic carbocycles. The summed E-state index contributed by atoms with van der Waals surface area (Å²) in [7, 11) is -3.58. The van der Waals surface area contributed by atoms with Gasteiger partial charge in [0.15, 0.2) is 4.80 Å². The molecule has 0 spiro atoms. The van der Waals surface area contributed by atoms with Crippen LogP contribution in [-0.2, 0) is 16.6 Å². The molecule has 6 nitrogen and oxygen atoms in total. The third-order valence-corrected chi connectivity index (χ3v) is 8.11. The number of carbonyl (C=O) groups is 1. The molecular formula is C22H26ClN3O3S2. The van der Waals surface area contributed by atoms with Gasteiger partial charge in [-0.15, -0.1) is 0 Å². The Bertz CT molecular complexity index is 1240. The number of nitrogens with zero attached hydrogens (tertiary/aromatic N) is 3. The highest BCUT2D eigenvalue weighted by atomic mass is 35.5. The van der Waals surface area contributed by atoms with Gasteiger partial charge in [-0.25, -0.2) is 8.42 Å². The number of hydrogen-bond acceptors (Lipinski definition) is 4. The first kappa shape index (κ1) is 23.7. The molecule has 0 N–H and O–H groups in total. The second-order valence-corrected chi connectivity index (χ2v) is 10.4. The van der Waals surface area contributed by atoms with Crippen molar-refractivity contribution in [1.29, 1.82) is 0 Å². The predicted molar refractivity (Wildman–Crippen MR) is 126 cm³/mol. The molecule has 0 aliphatic rings. The monoisotopic (exact) mass is 479 g/mol. The van der Waals surface area contributed by atoms with Crippen molar-refractivity contribution < 1.29 is 13.2 Å². The molecule has 0 unspecified atom stereocenters. The van der Waals surface area contributed by atoms with Crippen molar-refractivity contribution >= 4 is 49.1 Å². The van der Waals surface area contributed by atoms with Gasteiger partial charge in [-0.2, -0.15) is 9.30 Å². The van der Waals surface area contributed by atoms with Gasteiger partial charge in [0.25, 0.3) is 5.91 Å². The average Bonchev–Trinajstić information content (AvgIpc) is 3.12. The number of aryl methyl sites for hydroxylation is 1. The Morgan fingerprint density at radius 1 is 1.06 bits per heavy atom. The van der Waals surface area contributed by atoms with Crippen molar-refractivity contribution in [3.63, 3.8) is 0 Å². The van der Waals surface area contributed by atoms with Crippen LogP contribution in [0, 0.1) is 0 Å². The van der Waals surface area contributed by atoms with Crippen LogP contribution in [0.4, 0.5) is 0 Å². The fourth-order valence-corrected chi connectivity index (χ4v) is 6.46. The summed E-state index contributed by atoms with van der Waals surface area (Å²) >= 11 is 7.73. The van der Waals surface area contributed by atoms with E-state index in [1.165, 1.54) is 39.9 Å². The molecule has 0 saturated carbocycles. The van der Waals surface area contributed by atoms with Crippen LogP contribution in [0.5, 0.6) is 0 Å². The summed E-state index contributed by atoms with van der Waals surface area (Å²) in [6.45, 7) is 7.43.